The van der Waals surface area contributed by atoms with Gasteiger partial charge in [0, 0.05) is 6.54 Å². The van der Waals surface area contributed by atoms with Gasteiger partial charge in [-0.2, -0.15) is 0 Å². The summed E-state index contributed by atoms with van der Waals surface area (Å²) >= 11 is 0. The van der Waals surface area contributed by atoms with Crippen molar-refractivity contribution in [1.29, 1.82) is 0 Å². The minimum absolute atomic E-state index is 0.203. The van der Waals surface area contributed by atoms with Gasteiger partial charge in [-0.25, -0.2) is 0 Å². The van der Waals surface area contributed by atoms with Crippen LogP contribution >= 0.6 is 0 Å². The molecule has 0 bridgehead atoms. The summed E-state index contributed by atoms with van der Waals surface area (Å²) < 4.78 is 6.32. The van der Waals surface area contributed by atoms with Gasteiger partial charge in [0.15, 0.2) is 0 Å². The van der Waals surface area contributed by atoms with E-state index in [2.05, 4.69) is 43.4 Å². The van der Waals surface area contributed by atoms with Crippen LogP contribution in [0.2, 0.25) is 0 Å². The minimum atomic E-state index is 0.203. The van der Waals surface area contributed by atoms with Crippen LogP contribution < -0.4 is 5.32 Å². The van der Waals surface area contributed by atoms with Crippen LogP contribution in [-0.4, -0.2) is 19.2 Å². The molecule has 1 fully saturated rings. The van der Waals surface area contributed by atoms with E-state index < -0.39 is 0 Å². The first-order valence-electron chi connectivity index (χ1n) is 7.23. The maximum absolute atomic E-state index is 6.32. The van der Waals surface area contributed by atoms with Gasteiger partial charge in [0.25, 0.3) is 0 Å². The molecule has 2 heteroatoms. The lowest BCUT2D eigenvalue weighted by Crippen LogP contribution is -2.26. The summed E-state index contributed by atoms with van der Waals surface area (Å²) in [4.78, 5) is 0. The van der Waals surface area contributed by atoms with E-state index in [9.17, 15) is 0 Å². The minimum Gasteiger partial charge on any atom is -0.369 e. The van der Waals surface area contributed by atoms with Crippen molar-refractivity contribution in [2.75, 3.05) is 13.1 Å². The van der Waals surface area contributed by atoms with Crippen molar-refractivity contribution in [2.45, 2.75) is 51.7 Å². The average molecular weight is 247 g/mol. The highest BCUT2D eigenvalue weighted by Gasteiger charge is 2.22. The van der Waals surface area contributed by atoms with Gasteiger partial charge in [0.2, 0.25) is 0 Å². The average Bonchev–Trinajstić information content (AvgIpc) is 2.88. The molecule has 1 aromatic rings. The Bertz CT molecular complexity index is 358. The zero-order valence-electron chi connectivity index (χ0n) is 11.6. The molecule has 0 saturated heterocycles. The standard InChI is InChI=1S/C16H25NO/c1-3-17-12-16(18-14-9-5-6-10-14)15-11-7-4-8-13(15)2/h4,7-8,11,14,16-17H,3,5-6,9-10,12H2,1-2H3. The molecule has 1 unspecified atom stereocenters. The fourth-order valence-electron chi connectivity index (χ4n) is 2.71. The van der Waals surface area contributed by atoms with Crippen LogP contribution in [0.3, 0.4) is 0 Å². The van der Waals surface area contributed by atoms with Crippen molar-refractivity contribution in [2.24, 2.45) is 0 Å². The van der Waals surface area contributed by atoms with Crippen molar-refractivity contribution in [1.82, 2.24) is 5.32 Å². The molecule has 1 aromatic carbocycles. The molecule has 1 atom stereocenters. The van der Waals surface area contributed by atoms with E-state index in [4.69, 9.17) is 4.74 Å². The second-order valence-electron chi connectivity index (χ2n) is 5.20. The number of hydrogen-bond acceptors (Lipinski definition) is 2. The summed E-state index contributed by atoms with van der Waals surface area (Å²) in [6.45, 7) is 6.23. The lowest BCUT2D eigenvalue weighted by Gasteiger charge is -2.24. The fourth-order valence-corrected chi connectivity index (χ4v) is 2.71. The third-order valence-electron chi connectivity index (χ3n) is 3.77. The van der Waals surface area contributed by atoms with Crippen LogP contribution in [0.4, 0.5) is 0 Å². The number of benzene rings is 1. The highest BCUT2D eigenvalue weighted by Crippen LogP contribution is 2.28. The zero-order chi connectivity index (χ0) is 12.8. The van der Waals surface area contributed by atoms with E-state index in [1.807, 2.05) is 0 Å². The van der Waals surface area contributed by atoms with Crippen LogP contribution in [-0.2, 0) is 4.74 Å². The molecule has 1 aliphatic rings. The fraction of sp³-hybridized carbons (Fsp3) is 0.625. The van der Waals surface area contributed by atoms with Gasteiger partial charge in [0.05, 0.1) is 12.2 Å². The number of likely N-dealkylation sites (N-methyl/N-ethyl adjacent to an activating group) is 1. The normalized spacial score (nSPS) is 18.1. The van der Waals surface area contributed by atoms with E-state index >= 15 is 0 Å². The molecule has 0 heterocycles. The Hall–Kier alpha value is -0.860. The molecule has 0 aliphatic heterocycles. The lowest BCUT2D eigenvalue weighted by atomic mass is 10.0. The molecule has 1 saturated carbocycles. The molecule has 0 radical (unpaired) electrons. The Labute approximate surface area is 111 Å². The van der Waals surface area contributed by atoms with Crippen LogP contribution in [0.25, 0.3) is 0 Å². The predicted octanol–water partition coefficient (Wildman–Crippen LogP) is 3.60. The first-order chi connectivity index (χ1) is 8.81. The number of ether oxygens (including phenoxy) is 1. The summed E-state index contributed by atoms with van der Waals surface area (Å²) in [7, 11) is 0. The molecule has 2 rings (SSSR count). The van der Waals surface area contributed by atoms with Gasteiger partial charge in [-0.3, -0.25) is 0 Å². The Morgan fingerprint density at radius 3 is 2.67 bits per heavy atom. The Kier molecular flexibility index (Phi) is 5.21. The topological polar surface area (TPSA) is 21.3 Å². The van der Waals surface area contributed by atoms with E-state index in [-0.39, 0.29) is 6.10 Å². The molecule has 100 valence electrons. The van der Waals surface area contributed by atoms with Crippen molar-refractivity contribution < 1.29 is 4.74 Å². The quantitative estimate of drug-likeness (QED) is 0.829. The molecule has 0 amide bonds. The van der Waals surface area contributed by atoms with Gasteiger partial charge in [-0.15, -0.1) is 0 Å². The number of aryl methyl sites for hydroxylation is 1. The summed E-state index contributed by atoms with van der Waals surface area (Å²) in [5.41, 5.74) is 2.67. The van der Waals surface area contributed by atoms with Crippen LogP contribution in [0.1, 0.15) is 49.8 Å². The van der Waals surface area contributed by atoms with Crippen LogP contribution in [0, 0.1) is 6.92 Å². The van der Waals surface area contributed by atoms with E-state index in [0.29, 0.717) is 6.10 Å². The zero-order valence-corrected chi connectivity index (χ0v) is 11.6. The maximum Gasteiger partial charge on any atom is 0.0955 e. The highest BCUT2D eigenvalue weighted by atomic mass is 16.5. The Morgan fingerprint density at radius 2 is 2.00 bits per heavy atom. The molecular weight excluding hydrogens is 222 g/mol. The third-order valence-corrected chi connectivity index (χ3v) is 3.77. The predicted molar refractivity (Wildman–Crippen MR) is 75.8 cm³/mol. The monoisotopic (exact) mass is 247 g/mol. The SMILES string of the molecule is CCNCC(OC1CCCC1)c1ccccc1C. The molecule has 1 N–H and O–H groups in total. The molecule has 0 spiro atoms. The van der Waals surface area contributed by atoms with Crippen molar-refractivity contribution in [3.63, 3.8) is 0 Å². The summed E-state index contributed by atoms with van der Waals surface area (Å²) in [6, 6.07) is 8.58. The molecule has 0 aromatic heterocycles. The highest BCUT2D eigenvalue weighted by molar-refractivity contribution is 5.28. The maximum atomic E-state index is 6.32. The lowest BCUT2D eigenvalue weighted by molar-refractivity contribution is -0.00879. The van der Waals surface area contributed by atoms with Crippen molar-refractivity contribution >= 4 is 0 Å². The summed E-state index contributed by atoms with van der Waals surface area (Å²) in [5, 5.41) is 3.42. The molecular formula is C16H25NO. The van der Waals surface area contributed by atoms with Gasteiger partial charge < -0.3 is 10.1 Å². The second kappa shape index (κ2) is 6.91. The van der Waals surface area contributed by atoms with E-state index in [0.717, 1.165) is 13.1 Å². The number of rotatable bonds is 6. The summed E-state index contributed by atoms with van der Waals surface area (Å²) in [6.07, 6.45) is 5.78. The number of hydrogen-bond donors (Lipinski definition) is 1. The first kappa shape index (κ1) is 13.6. The first-order valence-corrected chi connectivity index (χ1v) is 7.23. The van der Waals surface area contributed by atoms with Gasteiger partial charge >= 0.3 is 0 Å². The van der Waals surface area contributed by atoms with Gasteiger partial charge in [-0.05, 0) is 37.4 Å². The Balaban J connectivity index is 2.06. The van der Waals surface area contributed by atoms with Crippen molar-refractivity contribution in [3.05, 3.63) is 35.4 Å². The van der Waals surface area contributed by atoms with Crippen molar-refractivity contribution in [3.8, 4) is 0 Å². The summed E-state index contributed by atoms with van der Waals surface area (Å²) in [5.74, 6) is 0. The number of nitrogens with one attached hydrogen (secondary N) is 1. The van der Waals surface area contributed by atoms with E-state index in [1.54, 1.807) is 0 Å². The van der Waals surface area contributed by atoms with Crippen LogP contribution in [0.15, 0.2) is 24.3 Å². The molecule has 18 heavy (non-hydrogen) atoms. The molecule has 1 aliphatic carbocycles. The molecule has 2 nitrogen and oxygen atoms in total. The largest absolute Gasteiger partial charge is 0.369 e. The van der Waals surface area contributed by atoms with Gasteiger partial charge in [-0.1, -0.05) is 44.0 Å². The third kappa shape index (κ3) is 3.56. The second-order valence-corrected chi connectivity index (χ2v) is 5.20. The Morgan fingerprint density at radius 1 is 1.28 bits per heavy atom. The van der Waals surface area contributed by atoms with Crippen LogP contribution in [0.5, 0.6) is 0 Å². The van der Waals surface area contributed by atoms with E-state index in [1.165, 1.54) is 36.8 Å². The van der Waals surface area contributed by atoms with Gasteiger partial charge in [0.1, 0.15) is 0 Å². The smallest absolute Gasteiger partial charge is 0.0955 e.